The fourth-order valence-corrected chi connectivity index (χ4v) is 2.73. The van der Waals surface area contributed by atoms with Crippen LogP contribution in [0.4, 0.5) is 5.69 Å². The molecule has 98 valence electrons. The van der Waals surface area contributed by atoms with Gasteiger partial charge in [0.25, 0.3) is 0 Å². The minimum absolute atomic E-state index is 0.870. The molecule has 2 aliphatic rings. The number of rotatable bonds is 6. The fraction of sp³-hybridized carbons (Fsp3) is 0.600. The Hall–Kier alpha value is -1.06. The van der Waals surface area contributed by atoms with Crippen LogP contribution in [0.2, 0.25) is 0 Å². The largest absolute Gasteiger partial charge is 0.384 e. The van der Waals surface area contributed by atoms with Crippen molar-refractivity contribution in [1.82, 2.24) is 10.2 Å². The molecule has 0 spiro atoms. The number of nitrogens with zero attached hydrogens (tertiary/aromatic N) is 1. The lowest BCUT2D eigenvalue weighted by molar-refractivity contribution is 0.321. The third-order valence-electron chi connectivity index (χ3n) is 4.06. The van der Waals surface area contributed by atoms with Crippen molar-refractivity contribution in [1.29, 1.82) is 0 Å². The molecule has 0 amide bonds. The maximum absolute atomic E-state index is 3.56. The lowest BCUT2D eigenvalue weighted by atomic mass is 10.1. The zero-order valence-electron chi connectivity index (χ0n) is 11.2. The van der Waals surface area contributed by atoms with Crippen molar-refractivity contribution in [3.63, 3.8) is 0 Å². The van der Waals surface area contributed by atoms with Gasteiger partial charge in [-0.1, -0.05) is 18.2 Å². The second-order valence-corrected chi connectivity index (χ2v) is 5.52. The summed E-state index contributed by atoms with van der Waals surface area (Å²) in [4.78, 5) is 2.47. The Balaban J connectivity index is 1.46. The van der Waals surface area contributed by atoms with E-state index >= 15 is 0 Å². The molecule has 3 rings (SSSR count). The first-order valence-corrected chi connectivity index (χ1v) is 7.10. The molecule has 18 heavy (non-hydrogen) atoms. The number of anilines is 1. The third-order valence-corrected chi connectivity index (χ3v) is 4.06. The molecule has 0 saturated heterocycles. The molecule has 1 fully saturated rings. The van der Waals surface area contributed by atoms with Crippen LogP contribution in [-0.2, 0) is 13.0 Å². The van der Waals surface area contributed by atoms with Gasteiger partial charge in [-0.2, -0.15) is 0 Å². The summed E-state index contributed by atoms with van der Waals surface area (Å²) < 4.78 is 0. The van der Waals surface area contributed by atoms with Crippen LogP contribution < -0.4 is 10.6 Å². The molecule has 1 aliphatic carbocycles. The van der Waals surface area contributed by atoms with Crippen LogP contribution in [0.3, 0.4) is 0 Å². The second-order valence-electron chi connectivity index (χ2n) is 5.52. The van der Waals surface area contributed by atoms with E-state index in [1.165, 1.54) is 36.1 Å². The van der Waals surface area contributed by atoms with E-state index in [0.717, 1.165) is 32.2 Å². The van der Waals surface area contributed by atoms with Crippen molar-refractivity contribution in [2.75, 3.05) is 32.0 Å². The van der Waals surface area contributed by atoms with Crippen molar-refractivity contribution in [2.24, 2.45) is 0 Å². The summed E-state index contributed by atoms with van der Waals surface area (Å²) in [6, 6.07) is 7.52. The van der Waals surface area contributed by atoms with Crippen LogP contribution in [0.15, 0.2) is 18.2 Å². The van der Waals surface area contributed by atoms with E-state index in [-0.39, 0.29) is 0 Å². The van der Waals surface area contributed by atoms with Crippen LogP contribution in [0, 0.1) is 0 Å². The lowest BCUT2D eigenvalue weighted by Crippen LogP contribution is -2.30. The molecule has 3 heteroatoms. The number of fused-ring (bicyclic) bond motifs is 1. The minimum atomic E-state index is 0.870. The van der Waals surface area contributed by atoms with Gasteiger partial charge in [0, 0.05) is 37.9 Å². The van der Waals surface area contributed by atoms with E-state index in [2.05, 4.69) is 40.8 Å². The maximum Gasteiger partial charge on any atom is 0.0419 e. The van der Waals surface area contributed by atoms with Crippen LogP contribution in [-0.4, -0.2) is 37.6 Å². The Labute approximate surface area is 110 Å². The van der Waals surface area contributed by atoms with Gasteiger partial charge in [-0.15, -0.1) is 0 Å². The summed E-state index contributed by atoms with van der Waals surface area (Å²) in [6.45, 7) is 4.31. The number of likely N-dealkylation sites (N-methyl/N-ethyl adjacent to an activating group) is 1. The first kappa shape index (κ1) is 12.0. The van der Waals surface area contributed by atoms with Crippen LogP contribution in [0.25, 0.3) is 0 Å². The topological polar surface area (TPSA) is 27.3 Å². The lowest BCUT2D eigenvalue weighted by Gasteiger charge is -2.16. The standard InChI is InChI=1S/C15H23N3/c1-18(14-5-6-14)10-9-16-11-13-4-2-3-12-7-8-17-15(12)13/h2-4,14,16-17H,5-11H2,1H3. The van der Waals surface area contributed by atoms with Crippen molar-refractivity contribution < 1.29 is 0 Å². The van der Waals surface area contributed by atoms with Gasteiger partial charge in [-0.05, 0) is 37.4 Å². The summed E-state index contributed by atoms with van der Waals surface area (Å²) >= 11 is 0. The van der Waals surface area contributed by atoms with Crippen molar-refractivity contribution in [3.05, 3.63) is 29.3 Å². The third kappa shape index (κ3) is 2.68. The molecule has 1 aliphatic heterocycles. The van der Waals surface area contributed by atoms with E-state index in [4.69, 9.17) is 0 Å². The highest BCUT2D eigenvalue weighted by Crippen LogP contribution is 2.26. The maximum atomic E-state index is 3.56. The summed E-state index contributed by atoms with van der Waals surface area (Å²) in [5.74, 6) is 0. The summed E-state index contributed by atoms with van der Waals surface area (Å²) in [5.41, 5.74) is 4.27. The second kappa shape index (κ2) is 5.29. The Bertz CT molecular complexity index is 412. The molecule has 0 unspecified atom stereocenters. The molecule has 0 atom stereocenters. The molecule has 2 N–H and O–H groups in total. The number of hydrogen-bond acceptors (Lipinski definition) is 3. The molecular weight excluding hydrogens is 222 g/mol. The predicted molar refractivity (Wildman–Crippen MR) is 76.0 cm³/mol. The van der Waals surface area contributed by atoms with Gasteiger partial charge in [0.1, 0.15) is 0 Å². The van der Waals surface area contributed by atoms with Gasteiger partial charge in [0.15, 0.2) is 0 Å². The van der Waals surface area contributed by atoms with Crippen LogP contribution in [0.1, 0.15) is 24.0 Å². The zero-order valence-corrected chi connectivity index (χ0v) is 11.2. The quantitative estimate of drug-likeness (QED) is 0.749. The van der Waals surface area contributed by atoms with Crippen molar-refractivity contribution >= 4 is 5.69 Å². The van der Waals surface area contributed by atoms with Crippen LogP contribution in [0.5, 0.6) is 0 Å². The molecule has 0 aromatic heterocycles. The van der Waals surface area contributed by atoms with Crippen molar-refractivity contribution in [2.45, 2.75) is 31.8 Å². The summed E-state index contributed by atoms with van der Waals surface area (Å²) in [7, 11) is 2.24. The highest BCUT2D eigenvalue weighted by Gasteiger charge is 2.25. The summed E-state index contributed by atoms with van der Waals surface area (Å²) in [6.07, 6.45) is 3.97. The first-order valence-electron chi connectivity index (χ1n) is 7.10. The average molecular weight is 245 g/mol. The molecule has 1 aromatic rings. The van der Waals surface area contributed by atoms with E-state index in [9.17, 15) is 0 Å². The van der Waals surface area contributed by atoms with Crippen LogP contribution >= 0.6 is 0 Å². The normalized spacial score (nSPS) is 17.9. The van der Waals surface area contributed by atoms with E-state index in [1.54, 1.807) is 0 Å². The van der Waals surface area contributed by atoms with Crippen molar-refractivity contribution in [3.8, 4) is 0 Å². The Morgan fingerprint density at radius 3 is 3.11 bits per heavy atom. The molecule has 1 heterocycles. The Kier molecular flexibility index (Phi) is 3.52. The zero-order chi connectivity index (χ0) is 12.4. The number of benzene rings is 1. The monoisotopic (exact) mass is 245 g/mol. The first-order chi connectivity index (χ1) is 8.84. The van der Waals surface area contributed by atoms with E-state index in [0.29, 0.717) is 0 Å². The van der Waals surface area contributed by atoms with Gasteiger partial charge >= 0.3 is 0 Å². The predicted octanol–water partition coefficient (Wildman–Crippen LogP) is 1.84. The number of para-hydroxylation sites is 1. The van der Waals surface area contributed by atoms with Gasteiger partial charge in [0.2, 0.25) is 0 Å². The van der Waals surface area contributed by atoms with Gasteiger partial charge < -0.3 is 15.5 Å². The summed E-state index contributed by atoms with van der Waals surface area (Å²) in [5, 5.41) is 7.06. The Morgan fingerprint density at radius 1 is 1.39 bits per heavy atom. The van der Waals surface area contributed by atoms with Gasteiger partial charge in [-0.25, -0.2) is 0 Å². The Morgan fingerprint density at radius 2 is 2.28 bits per heavy atom. The molecule has 1 saturated carbocycles. The van der Waals surface area contributed by atoms with Gasteiger partial charge in [-0.3, -0.25) is 0 Å². The SMILES string of the molecule is CN(CCNCc1cccc2c1NCC2)C1CC1. The highest BCUT2D eigenvalue weighted by molar-refractivity contribution is 5.61. The minimum Gasteiger partial charge on any atom is -0.384 e. The highest BCUT2D eigenvalue weighted by atomic mass is 15.2. The smallest absolute Gasteiger partial charge is 0.0419 e. The number of hydrogen-bond donors (Lipinski definition) is 2. The molecular formula is C15H23N3. The molecule has 1 aromatic carbocycles. The molecule has 0 bridgehead atoms. The van der Waals surface area contributed by atoms with E-state index < -0.39 is 0 Å². The van der Waals surface area contributed by atoms with E-state index in [1.807, 2.05) is 0 Å². The molecule has 3 nitrogen and oxygen atoms in total. The van der Waals surface area contributed by atoms with Gasteiger partial charge in [0.05, 0.1) is 0 Å². The molecule has 0 radical (unpaired) electrons. The fourth-order valence-electron chi connectivity index (χ4n) is 2.73. The average Bonchev–Trinajstić information content (AvgIpc) is 3.12. The number of nitrogens with one attached hydrogen (secondary N) is 2.